The third-order valence-corrected chi connectivity index (χ3v) is 7.78. The van der Waals surface area contributed by atoms with Crippen LogP contribution in [0.2, 0.25) is 0 Å². The quantitative estimate of drug-likeness (QED) is 0.139. The lowest BCUT2D eigenvalue weighted by Crippen LogP contribution is -2.39. The Morgan fingerprint density at radius 3 is 2.48 bits per heavy atom. The molecule has 0 fully saturated rings. The van der Waals surface area contributed by atoms with Crippen molar-refractivity contribution >= 4 is 29.1 Å². The van der Waals surface area contributed by atoms with Crippen LogP contribution in [0.5, 0.6) is 11.5 Å². The van der Waals surface area contributed by atoms with Gasteiger partial charge in [0.25, 0.3) is 11.2 Å². The minimum Gasteiger partial charge on any atom is -0.491 e. The van der Waals surface area contributed by atoms with Gasteiger partial charge in [-0.3, -0.25) is 19.5 Å². The van der Waals surface area contributed by atoms with Crippen LogP contribution < -0.4 is 24.4 Å². The normalized spacial score (nSPS) is 14.7. The van der Waals surface area contributed by atoms with E-state index in [4.69, 9.17) is 14.2 Å². The van der Waals surface area contributed by atoms with Crippen LogP contribution in [0.25, 0.3) is 6.08 Å². The lowest BCUT2D eigenvalue weighted by molar-refractivity contribution is -0.384. The van der Waals surface area contributed by atoms with Crippen molar-refractivity contribution in [2.24, 2.45) is 4.99 Å². The number of hydrogen-bond acceptors (Lipinski definition) is 9. The Kier molecular flexibility index (Phi) is 9.05. The number of esters is 1. The van der Waals surface area contributed by atoms with Gasteiger partial charge in [0.1, 0.15) is 18.1 Å². The molecule has 0 amide bonds. The fraction of sp³-hybridized carbons (Fsp3) is 0.242. The third kappa shape index (κ3) is 6.63. The van der Waals surface area contributed by atoms with E-state index in [-0.39, 0.29) is 30.6 Å². The van der Waals surface area contributed by atoms with Crippen LogP contribution in [-0.4, -0.2) is 28.2 Å². The summed E-state index contributed by atoms with van der Waals surface area (Å²) in [6.45, 7) is 7.78. The predicted octanol–water partition coefficient (Wildman–Crippen LogP) is 5.07. The minimum atomic E-state index is -0.725. The molecule has 1 aromatic heterocycles. The number of hydrogen-bond donors (Lipinski definition) is 0. The number of rotatable bonds is 10. The van der Waals surface area contributed by atoms with E-state index in [0.717, 1.165) is 16.7 Å². The zero-order valence-electron chi connectivity index (χ0n) is 24.7. The number of ether oxygens (including phenoxy) is 3. The smallest absolute Gasteiger partial charge is 0.338 e. The van der Waals surface area contributed by atoms with Crippen LogP contribution >= 0.6 is 11.3 Å². The first-order valence-corrected chi connectivity index (χ1v) is 14.9. The van der Waals surface area contributed by atoms with Gasteiger partial charge in [-0.15, -0.1) is 0 Å². The number of fused-ring (bicyclic) bond motifs is 1. The van der Waals surface area contributed by atoms with Crippen LogP contribution in [0.3, 0.4) is 0 Å². The van der Waals surface area contributed by atoms with E-state index in [1.54, 1.807) is 42.7 Å². The summed E-state index contributed by atoms with van der Waals surface area (Å²) in [4.78, 5) is 42.6. The molecule has 11 heteroatoms. The average Bonchev–Trinajstić information content (AvgIpc) is 3.29. The monoisotopic (exact) mass is 613 g/mol. The molecule has 1 aliphatic rings. The highest BCUT2D eigenvalue weighted by Crippen LogP contribution is 2.32. The molecule has 0 aliphatic carbocycles. The largest absolute Gasteiger partial charge is 0.491 e. The lowest BCUT2D eigenvalue weighted by Gasteiger charge is -2.25. The molecule has 2 heterocycles. The van der Waals surface area contributed by atoms with E-state index in [9.17, 15) is 19.7 Å². The van der Waals surface area contributed by atoms with Crippen molar-refractivity contribution in [1.82, 2.24) is 4.57 Å². The summed E-state index contributed by atoms with van der Waals surface area (Å²) < 4.78 is 19.1. The van der Waals surface area contributed by atoms with Crippen LogP contribution in [0.1, 0.15) is 50.4 Å². The van der Waals surface area contributed by atoms with E-state index < -0.39 is 16.9 Å². The second-order valence-corrected chi connectivity index (χ2v) is 11.3. The van der Waals surface area contributed by atoms with Gasteiger partial charge in [0.05, 0.1) is 39.5 Å². The molecular formula is C33H31N3O7S. The molecule has 0 N–H and O–H groups in total. The van der Waals surface area contributed by atoms with Gasteiger partial charge in [-0.1, -0.05) is 35.6 Å². The van der Waals surface area contributed by atoms with Crippen molar-refractivity contribution in [3.63, 3.8) is 0 Å². The summed E-state index contributed by atoms with van der Waals surface area (Å²) in [5.41, 5.74) is 2.78. The summed E-state index contributed by atoms with van der Waals surface area (Å²) in [6, 6.07) is 20.1. The molecule has 4 aromatic rings. The first-order valence-electron chi connectivity index (χ1n) is 14.1. The first-order chi connectivity index (χ1) is 21.1. The SMILES string of the molecule is CCOC(=O)C1=C(C)N=c2s/c(=C\c3cccc(OCc4ccc([N+](=O)[O-])cc4)c3)c(=O)n2[C@H]1c1ccc(OC(C)C)cc1. The molecule has 1 atom stereocenters. The van der Waals surface area contributed by atoms with Gasteiger partial charge in [0.15, 0.2) is 4.80 Å². The molecule has 226 valence electrons. The van der Waals surface area contributed by atoms with Crippen LogP contribution in [0.4, 0.5) is 5.69 Å². The fourth-order valence-electron chi connectivity index (χ4n) is 4.83. The molecule has 10 nitrogen and oxygen atoms in total. The van der Waals surface area contributed by atoms with Crippen molar-refractivity contribution in [3.05, 3.63) is 131 Å². The molecule has 0 bridgehead atoms. The summed E-state index contributed by atoms with van der Waals surface area (Å²) >= 11 is 1.24. The van der Waals surface area contributed by atoms with Crippen LogP contribution in [0.15, 0.2) is 93.9 Å². The maximum atomic E-state index is 13.9. The van der Waals surface area contributed by atoms with Crippen molar-refractivity contribution in [2.45, 2.75) is 46.4 Å². The second kappa shape index (κ2) is 13.1. The number of carbonyl (C=O) groups is 1. The molecule has 1 aliphatic heterocycles. The number of nitro groups is 1. The van der Waals surface area contributed by atoms with Crippen LogP contribution in [-0.2, 0) is 16.1 Å². The van der Waals surface area contributed by atoms with Crippen LogP contribution in [0, 0.1) is 10.1 Å². The number of thiazole rings is 1. The molecule has 0 radical (unpaired) electrons. The maximum absolute atomic E-state index is 13.9. The van der Waals surface area contributed by atoms with E-state index >= 15 is 0 Å². The summed E-state index contributed by atoms with van der Waals surface area (Å²) in [5.74, 6) is 0.741. The van der Waals surface area contributed by atoms with Gasteiger partial charge in [-0.25, -0.2) is 9.79 Å². The van der Waals surface area contributed by atoms with Crippen molar-refractivity contribution in [2.75, 3.05) is 6.61 Å². The Bertz CT molecular complexity index is 1910. The fourth-order valence-corrected chi connectivity index (χ4v) is 5.88. The zero-order chi connectivity index (χ0) is 31.4. The number of allylic oxidation sites excluding steroid dienone is 1. The van der Waals surface area contributed by atoms with Gasteiger partial charge < -0.3 is 14.2 Å². The molecule has 3 aromatic carbocycles. The number of carbonyl (C=O) groups excluding carboxylic acids is 1. The number of benzene rings is 3. The van der Waals surface area contributed by atoms with Gasteiger partial charge in [0.2, 0.25) is 0 Å². The third-order valence-electron chi connectivity index (χ3n) is 6.79. The number of nitro benzene ring substituents is 1. The predicted molar refractivity (Wildman–Crippen MR) is 166 cm³/mol. The highest BCUT2D eigenvalue weighted by molar-refractivity contribution is 7.07. The van der Waals surface area contributed by atoms with Gasteiger partial charge in [-0.05, 0) is 86.9 Å². The second-order valence-electron chi connectivity index (χ2n) is 10.3. The molecular weight excluding hydrogens is 582 g/mol. The van der Waals surface area contributed by atoms with Crippen molar-refractivity contribution in [1.29, 1.82) is 0 Å². The Balaban J connectivity index is 1.49. The number of non-ortho nitro benzene ring substituents is 1. The highest BCUT2D eigenvalue weighted by Gasteiger charge is 2.33. The summed E-state index contributed by atoms with van der Waals surface area (Å²) in [5, 5.41) is 10.9. The Hall–Kier alpha value is -5.03. The summed E-state index contributed by atoms with van der Waals surface area (Å²) in [6.07, 6.45) is 1.77. The van der Waals surface area contributed by atoms with Crippen molar-refractivity contribution in [3.8, 4) is 11.5 Å². The molecule has 0 saturated heterocycles. The van der Waals surface area contributed by atoms with E-state index in [1.807, 2.05) is 56.3 Å². The topological polar surface area (TPSA) is 122 Å². The van der Waals surface area contributed by atoms with Gasteiger partial charge in [0, 0.05) is 12.1 Å². The number of nitrogens with zero attached hydrogens (tertiary/aromatic N) is 3. The van der Waals surface area contributed by atoms with E-state index in [2.05, 4.69) is 4.99 Å². The standard InChI is InChI=1S/C33H31N3O7S/c1-5-41-32(38)29-21(4)34-33-35(30(29)24-11-15-26(16-12-24)43-20(2)3)31(37)28(44-33)18-23-7-6-8-27(17-23)42-19-22-9-13-25(14-10-22)36(39)40/h6-18,20,30H,5,19H2,1-4H3/b28-18-/t30-/m0/s1. The average molecular weight is 614 g/mol. The van der Waals surface area contributed by atoms with Gasteiger partial charge >= 0.3 is 5.97 Å². The van der Waals surface area contributed by atoms with Crippen molar-refractivity contribution < 1.29 is 23.9 Å². The Morgan fingerprint density at radius 2 is 1.82 bits per heavy atom. The maximum Gasteiger partial charge on any atom is 0.338 e. The first kappa shape index (κ1) is 30.4. The molecule has 5 rings (SSSR count). The Morgan fingerprint density at radius 1 is 1.09 bits per heavy atom. The lowest BCUT2D eigenvalue weighted by atomic mass is 9.96. The summed E-state index contributed by atoms with van der Waals surface area (Å²) in [7, 11) is 0. The zero-order valence-corrected chi connectivity index (χ0v) is 25.5. The van der Waals surface area contributed by atoms with E-state index in [0.29, 0.717) is 32.1 Å². The molecule has 0 saturated carbocycles. The Labute approximate surface area is 257 Å². The van der Waals surface area contributed by atoms with E-state index in [1.165, 1.54) is 23.5 Å². The van der Waals surface area contributed by atoms with Gasteiger partial charge in [-0.2, -0.15) is 0 Å². The molecule has 44 heavy (non-hydrogen) atoms. The molecule has 0 spiro atoms. The minimum absolute atomic E-state index is 0.00183. The highest BCUT2D eigenvalue weighted by atomic mass is 32.1. The number of aromatic nitrogens is 1. The molecule has 0 unspecified atom stereocenters.